The zero-order valence-corrected chi connectivity index (χ0v) is 17.3. The summed E-state index contributed by atoms with van der Waals surface area (Å²) in [5, 5.41) is 11.2. The Balaban J connectivity index is 1.55. The lowest BCUT2D eigenvalue weighted by atomic mass is 9.99. The van der Waals surface area contributed by atoms with Crippen LogP contribution in [0.2, 0.25) is 5.02 Å². The topological polar surface area (TPSA) is 80.9 Å². The lowest BCUT2D eigenvalue weighted by molar-refractivity contribution is 0.171. The number of rotatable bonds is 7. The molecule has 0 fully saturated rings. The largest absolute Gasteiger partial charge is 0.486 e. The number of nitrogens with zero attached hydrogens (tertiary/aromatic N) is 2. The van der Waals surface area contributed by atoms with E-state index in [1.807, 2.05) is 18.2 Å². The van der Waals surface area contributed by atoms with Crippen LogP contribution in [0.5, 0.6) is 11.5 Å². The van der Waals surface area contributed by atoms with Gasteiger partial charge in [0, 0.05) is 25.6 Å². The highest BCUT2D eigenvalue weighted by Crippen LogP contribution is 2.38. The fourth-order valence-electron chi connectivity index (χ4n) is 3.16. The molecule has 0 spiro atoms. The van der Waals surface area contributed by atoms with E-state index in [1.165, 1.54) is 0 Å². The van der Waals surface area contributed by atoms with E-state index in [9.17, 15) is 0 Å². The Morgan fingerprint density at radius 3 is 2.64 bits per heavy atom. The van der Waals surface area contributed by atoms with Gasteiger partial charge in [0.2, 0.25) is 0 Å². The molecule has 0 saturated heterocycles. The summed E-state index contributed by atoms with van der Waals surface area (Å²) in [4.78, 5) is 4.25. The maximum atomic E-state index is 6.29. The van der Waals surface area contributed by atoms with Crippen molar-refractivity contribution in [2.75, 3.05) is 20.3 Å². The fraction of sp³-hybridized carbons (Fsp3) is 0.500. The summed E-state index contributed by atoms with van der Waals surface area (Å²) in [5.74, 6) is 3.17. The number of nitrogens with one attached hydrogen (secondary N) is 2. The first-order chi connectivity index (χ1) is 13.6. The summed E-state index contributed by atoms with van der Waals surface area (Å²) < 4.78 is 16.6. The summed E-state index contributed by atoms with van der Waals surface area (Å²) in [6.07, 6.45) is 2.11. The average Bonchev–Trinajstić information content (AvgIpc) is 3.18. The van der Waals surface area contributed by atoms with Crippen LogP contribution in [-0.2, 0) is 13.1 Å². The minimum atomic E-state index is 0.440. The van der Waals surface area contributed by atoms with Crippen molar-refractivity contribution in [2.45, 2.75) is 45.7 Å². The first-order valence-corrected chi connectivity index (χ1v) is 10.00. The molecule has 1 aliphatic heterocycles. The number of aliphatic imine (C=N–C) groups is 1. The Kier molecular flexibility index (Phi) is 7.03. The molecule has 2 N–H and O–H groups in total. The molecule has 7 nitrogen and oxygen atoms in total. The highest BCUT2D eigenvalue weighted by Gasteiger charge is 2.17. The van der Waals surface area contributed by atoms with Crippen LogP contribution in [0.15, 0.2) is 27.7 Å². The number of hydrogen-bond donors (Lipinski definition) is 2. The number of fused-ring (bicyclic) bond motifs is 1. The minimum absolute atomic E-state index is 0.440. The number of benzene rings is 1. The van der Waals surface area contributed by atoms with Gasteiger partial charge >= 0.3 is 0 Å². The predicted octanol–water partition coefficient (Wildman–Crippen LogP) is 3.87. The number of guanidine groups is 1. The van der Waals surface area contributed by atoms with Crippen LogP contribution in [0, 0.1) is 0 Å². The minimum Gasteiger partial charge on any atom is -0.486 e. The van der Waals surface area contributed by atoms with Gasteiger partial charge in [0.25, 0.3) is 0 Å². The van der Waals surface area contributed by atoms with E-state index in [0.717, 1.165) is 29.9 Å². The molecule has 0 radical (unpaired) electrons. The van der Waals surface area contributed by atoms with Crippen LogP contribution in [0.4, 0.5) is 0 Å². The van der Waals surface area contributed by atoms with E-state index in [0.29, 0.717) is 54.7 Å². The number of ether oxygens (including phenoxy) is 2. The van der Waals surface area contributed by atoms with Crippen molar-refractivity contribution in [1.29, 1.82) is 0 Å². The fourth-order valence-corrected chi connectivity index (χ4v) is 3.44. The molecule has 0 amide bonds. The molecule has 0 unspecified atom stereocenters. The lowest BCUT2D eigenvalue weighted by Gasteiger charge is -2.20. The van der Waals surface area contributed by atoms with Crippen molar-refractivity contribution in [2.24, 2.45) is 4.99 Å². The van der Waals surface area contributed by atoms with Crippen LogP contribution in [0.3, 0.4) is 0 Å². The molecule has 8 heteroatoms. The summed E-state index contributed by atoms with van der Waals surface area (Å²) in [6.45, 7) is 6.43. The zero-order chi connectivity index (χ0) is 19.9. The van der Waals surface area contributed by atoms with Crippen molar-refractivity contribution < 1.29 is 14.0 Å². The molecule has 1 aromatic heterocycles. The quantitative estimate of drug-likeness (QED) is 0.536. The summed E-state index contributed by atoms with van der Waals surface area (Å²) in [6, 6.07) is 5.81. The van der Waals surface area contributed by atoms with Gasteiger partial charge in [-0.2, -0.15) is 0 Å². The van der Waals surface area contributed by atoms with Crippen LogP contribution >= 0.6 is 11.6 Å². The normalized spacial score (nSPS) is 13.7. The van der Waals surface area contributed by atoms with Gasteiger partial charge in [0.05, 0.1) is 17.3 Å². The monoisotopic (exact) mass is 406 g/mol. The predicted molar refractivity (Wildman–Crippen MR) is 109 cm³/mol. The highest BCUT2D eigenvalue weighted by atomic mass is 35.5. The van der Waals surface area contributed by atoms with Gasteiger partial charge in [-0.25, -0.2) is 0 Å². The molecular formula is C20H27ClN4O3. The van der Waals surface area contributed by atoms with Crippen LogP contribution in [-0.4, -0.2) is 31.4 Å². The summed E-state index contributed by atoms with van der Waals surface area (Å²) in [5.41, 5.74) is 1.99. The second-order valence-electron chi connectivity index (χ2n) is 6.61. The second kappa shape index (κ2) is 9.68. The highest BCUT2D eigenvalue weighted by molar-refractivity contribution is 6.32. The van der Waals surface area contributed by atoms with Gasteiger partial charge in [-0.15, -0.1) is 0 Å². The molecule has 0 aliphatic carbocycles. The Hall–Kier alpha value is -2.41. The molecule has 1 aliphatic rings. The first-order valence-electron chi connectivity index (χ1n) is 9.62. The number of halogens is 1. The molecule has 152 valence electrons. The van der Waals surface area contributed by atoms with Gasteiger partial charge in [0.1, 0.15) is 13.2 Å². The van der Waals surface area contributed by atoms with Gasteiger partial charge in [0.15, 0.2) is 23.2 Å². The van der Waals surface area contributed by atoms with Crippen LogP contribution < -0.4 is 20.1 Å². The van der Waals surface area contributed by atoms with Crippen molar-refractivity contribution in [1.82, 2.24) is 15.8 Å². The molecule has 2 aromatic rings. The lowest BCUT2D eigenvalue weighted by Crippen LogP contribution is -2.36. The molecule has 1 aromatic carbocycles. The first kappa shape index (κ1) is 20.3. The van der Waals surface area contributed by atoms with Crippen LogP contribution in [0.25, 0.3) is 0 Å². The standard InChI is InChI=1S/C20H27ClN4O3/c1-4-14(5-2)17-10-15(28-25-17)12-24-20(22-3)23-11-13-8-16(21)19-18(9-13)26-6-7-27-19/h8-10,14H,4-7,11-12H2,1-3H3,(H2,22,23,24). The Bertz CT molecular complexity index is 818. The van der Waals surface area contributed by atoms with Crippen molar-refractivity contribution in [3.05, 3.63) is 40.2 Å². The molecule has 0 atom stereocenters. The van der Waals surface area contributed by atoms with E-state index in [1.54, 1.807) is 7.05 Å². The van der Waals surface area contributed by atoms with E-state index < -0.39 is 0 Å². The molecule has 3 rings (SSSR count). The Morgan fingerprint density at radius 1 is 1.14 bits per heavy atom. The van der Waals surface area contributed by atoms with Gasteiger partial charge < -0.3 is 24.6 Å². The molecule has 0 bridgehead atoms. The maximum absolute atomic E-state index is 6.29. The van der Waals surface area contributed by atoms with Crippen LogP contribution in [0.1, 0.15) is 49.6 Å². The van der Waals surface area contributed by atoms with Gasteiger partial charge in [-0.3, -0.25) is 4.99 Å². The van der Waals surface area contributed by atoms with Crippen molar-refractivity contribution >= 4 is 17.6 Å². The third kappa shape index (κ3) is 4.90. The maximum Gasteiger partial charge on any atom is 0.191 e. The average molecular weight is 407 g/mol. The summed E-state index contributed by atoms with van der Waals surface area (Å²) in [7, 11) is 1.72. The van der Waals surface area contributed by atoms with E-state index in [2.05, 4.69) is 34.6 Å². The molecule has 28 heavy (non-hydrogen) atoms. The Labute approximate surface area is 170 Å². The van der Waals surface area contributed by atoms with Crippen molar-refractivity contribution in [3.63, 3.8) is 0 Å². The van der Waals surface area contributed by atoms with E-state index in [-0.39, 0.29) is 0 Å². The van der Waals surface area contributed by atoms with Gasteiger partial charge in [-0.05, 0) is 30.5 Å². The van der Waals surface area contributed by atoms with E-state index in [4.69, 9.17) is 25.6 Å². The van der Waals surface area contributed by atoms with E-state index >= 15 is 0 Å². The number of hydrogen-bond acceptors (Lipinski definition) is 5. The number of aromatic nitrogens is 1. The van der Waals surface area contributed by atoms with Gasteiger partial charge in [-0.1, -0.05) is 30.6 Å². The van der Waals surface area contributed by atoms with Crippen molar-refractivity contribution in [3.8, 4) is 11.5 Å². The SMILES string of the molecule is CCC(CC)c1cc(CNC(=NC)NCc2cc(Cl)c3c(c2)OCCO3)on1. The molecular weight excluding hydrogens is 380 g/mol. The zero-order valence-electron chi connectivity index (χ0n) is 16.5. The third-order valence-corrected chi connectivity index (χ3v) is 5.03. The third-order valence-electron chi connectivity index (χ3n) is 4.75. The summed E-state index contributed by atoms with van der Waals surface area (Å²) >= 11 is 6.29. The smallest absolute Gasteiger partial charge is 0.191 e. The Morgan fingerprint density at radius 2 is 1.89 bits per heavy atom. The molecule has 0 saturated carbocycles. The molecule has 2 heterocycles. The second-order valence-corrected chi connectivity index (χ2v) is 7.02.